The number of nitrogens with zero attached hydrogens (tertiary/aromatic N) is 2. The summed E-state index contributed by atoms with van der Waals surface area (Å²) in [6.07, 6.45) is 0. The summed E-state index contributed by atoms with van der Waals surface area (Å²) in [6, 6.07) is 7.91. The van der Waals surface area contributed by atoms with Gasteiger partial charge in [0.25, 0.3) is 5.91 Å². The third-order valence-corrected chi connectivity index (χ3v) is 7.85. The van der Waals surface area contributed by atoms with E-state index >= 15 is 0 Å². The zero-order valence-electron chi connectivity index (χ0n) is 16.2. The molecule has 2 N–H and O–H groups in total. The van der Waals surface area contributed by atoms with Crippen LogP contribution in [0.25, 0.3) is 0 Å². The highest BCUT2D eigenvalue weighted by molar-refractivity contribution is 8.00. The topological polar surface area (TPSA) is 90.0 Å². The largest absolute Gasteiger partial charge is 0.477 e. The van der Waals surface area contributed by atoms with Gasteiger partial charge in [-0.2, -0.15) is 0 Å². The van der Waals surface area contributed by atoms with Crippen molar-refractivity contribution in [3.8, 4) is 0 Å². The van der Waals surface area contributed by atoms with Crippen LogP contribution in [-0.4, -0.2) is 51.5 Å². The lowest BCUT2D eigenvalue weighted by Gasteiger charge is -2.52. The number of hydrogen-bond acceptors (Lipinski definition) is 6. The SMILES string of the molecule is CC(=O)N(c1cccs1)C1C(=O)N2C(C(=O)O)=C(CNc3c(Cl)cccc3Cl)CS[C@@H]12. The van der Waals surface area contributed by atoms with Crippen molar-refractivity contribution >= 4 is 74.8 Å². The van der Waals surface area contributed by atoms with Gasteiger partial charge >= 0.3 is 5.97 Å². The van der Waals surface area contributed by atoms with Gasteiger partial charge in [-0.05, 0) is 35.2 Å². The minimum absolute atomic E-state index is 0.0599. The number of benzene rings is 1. The number of anilines is 2. The zero-order valence-corrected chi connectivity index (χ0v) is 19.3. The lowest BCUT2D eigenvalue weighted by Crippen LogP contribution is -2.71. The van der Waals surface area contributed by atoms with Gasteiger partial charge in [-0.15, -0.1) is 23.1 Å². The second-order valence-corrected chi connectivity index (χ2v) is 9.75. The molecular formula is C20H17Cl2N3O4S2. The molecule has 0 radical (unpaired) electrons. The van der Waals surface area contributed by atoms with Crippen LogP contribution >= 0.6 is 46.3 Å². The molecule has 0 aliphatic carbocycles. The monoisotopic (exact) mass is 497 g/mol. The quantitative estimate of drug-likeness (QED) is 0.582. The molecule has 2 aliphatic rings. The Morgan fingerprint density at radius 3 is 2.55 bits per heavy atom. The molecule has 1 saturated heterocycles. The molecule has 0 bridgehead atoms. The highest BCUT2D eigenvalue weighted by Crippen LogP contribution is 2.44. The van der Waals surface area contributed by atoms with Gasteiger partial charge in [-0.25, -0.2) is 4.79 Å². The van der Waals surface area contributed by atoms with E-state index in [2.05, 4.69) is 5.32 Å². The Morgan fingerprint density at radius 2 is 1.97 bits per heavy atom. The number of β-lactam (4-membered cyclic amide) rings is 1. The molecule has 1 aromatic heterocycles. The smallest absolute Gasteiger partial charge is 0.352 e. The number of carbonyl (C=O) groups excluding carboxylic acids is 2. The van der Waals surface area contributed by atoms with Crippen LogP contribution in [0.5, 0.6) is 0 Å². The predicted octanol–water partition coefficient (Wildman–Crippen LogP) is 4.14. The van der Waals surface area contributed by atoms with E-state index in [9.17, 15) is 19.5 Å². The molecule has 1 fully saturated rings. The normalized spacial score (nSPS) is 20.2. The molecule has 0 spiro atoms. The van der Waals surface area contributed by atoms with Crippen LogP contribution in [0, 0.1) is 0 Å². The summed E-state index contributed by atoms with van der Waals surface area (Å²) in [7, 11) is 0. The molecule has 7 nitrogen and oxygen atoms in total. The molecule has 2 amide bonds. The van der Waals surface area contributed by atoms with E-state index in [4.69, 9.17) is 23.2 Å². The van der Waals surface area contributed by atoms with Crippen molar-refractivity contribution in [3.63, 3.8) is 0 Å². The first-order valence-electron chi connectivity index (χ1n) is 9.22. The summed E-state index contributed by atoms with van der Waals surface area (Å²) in [6.45, 7) is 1.57. The van der Waals surface area contributed by atoms with Crippen molar-refractivity contribution in [1.29, 1.82) is 0 Å². The van der Waals surface area contributed by atoms with Gasteiger partial charge in [-0.3, -0.25) is 19.4 Å². The number of carboxylic acids is 1. The summed E-state index contributed by atoms with van der Waals surface area (Å²) < 4.78 is 0. The lowest BCUT2D eigenvalue weighted by molar-refractivity contribution is -0.149. The Morgan fingerprint density at radius 1 is 1.26 bits per heavy atom. The molecule has 3 heterocycles. The van der Waals surface area contributed by atoms with Gasteiger partial charge in [0.1, 0.15) is 17.1 Å². The number of aliphatic carboxylic acids is 1. The summed E-state index contributed by atoms with van der Waals surface area (Å²) in [5.41, 5.74) is 0.987. The molecule has 2 atom stereocenters. The summed E-state index contributed by atoms with van der Waals surface area (Å²) in [4.78, 5) is 40.1. The van der Waals surface area contributed by atoms with Gasteiger partial charge in [0.2, 0.25) is 5.91 Å². The molecule has 4 rings (SSSR count). The van der Waals surface area contributed by atoms with E-state index in [0.717, 1.165) is 0 Å². The van der Waals surface area contributed by atoms with Crippen molar-refractivity contribution in [2.24, 2.45) is 0 Å². The fourth-order valence-electron chi connectivity index (χ4n) is 3.66. The molecule has 31 heavy (non-hydrogen) atoms. The molecular weight excluding hydrogens is 481 g/mol. The van der Waals surface area contributed by atoms with E-state index < -0.39 is 23.3 Å². The van der Waals surface area contributed by atoms with Crippen LogP contribution < -0.4 is 10.2 Å². The Kier molecular flexibility index (Phi) is 6.20. The maximum atomic E-state index is 13.0. The lowest BCUT2D eigenvalue weighted by atomic mass is 10.0. The number of carboxylic acid groups (broad SMARTS) is 1. The van der Waals surface area contributed by atoms with E-state index in [1.54, 1.807) is 30.3 Å². The van der Waals surface area contributed by atoms with Crippen LogP contribution in [0.4, 0.5) is 10.7 Å². The molecule has 162 valence electrons. The van der Waals surface area contributed by atoms with Gasteiger partial charge in [-0.1, -0.05) is 29.3 Å². The van der Waals surface area contributed by atoms with Crippen molar-refractivity contribution in [2.45, 2.75) is 18.3 Å². The number of rotatable bonds is 6. The summed E-state index contributed by atoms with van der Waals surface area (Å²) in [5, 5.41) is 15.8. The Balaban J connectivity index is 1.60. The standard InChI is InChI=1S/C20H17Cl2N3O4S2/c1-10(26)24(14-6-3-7-30-14)17-18(27)25-16(20(28)29)11(9-31-19(17)25)8-23-15-12(21)4-2-5-13(15)22/h2-7,17,19,23H,8-9H2,1H3,(H,28,29)/t17?,19-/m0/s1. The summed E-state index contributed by atoms with van der Waals surface area (Å²) >= 11 is 15.1. The van der Waals surface area contributed by atoms with Crippen molar-refractivity contribution in [3.05, 3.63) is 57.0 Å². The molecule has 2 aromatic rings. The number of halogens is 2. The fraction of sp³-hybridized carbons (Fsp3) is 0.250. The van der Waals surface area contributed by atoms with Gasteiger partial charge < -0.3 is 10.4 Å². The number of amides is 2. The van der Waals surface area contributed by atoms with E-state index in [-0.39, 0.29) is 18.1 Å². The minimum atomic E-state index is -1.19. The highest BCUT2D eigenvalue weighted by atomic mass is 35.5. The van der Waals surface area contributed by atoms with E-state index in [1.165, 1.54) is 39.8 Å². The Labute approximate surface area is 196 Å². The minimum Gasteiger partial charge on any atom is -0.477 e. The Bertz CT molecular complexity index is 1070. The molecule has 2 aliphatic heterocycles. The number of fused-ring (bicyclic) bond motifs is 1. The van der Waals surface area contributed by atoms with E-state index in [1.807, 2.05) is 5.38 Å². The van der Waals surface area contributed by atoms with E-state index in [0.29, 0.717) is 32.1 Å². The first-order chi connectivity index (χ1) is 14.8. The molecule has 0 saturated carbocycles. The number of thioether (sulfide) groups is 1. The highest BCUT2D eigenvalue weighted by Gasteiger charge is 2.57. The van der Waals surface area contributed by atoms with Crippen LogP contribution in [0.1, 0.15) is 6.92 Å². The maximum Gasteiger partial charge on any atom is 0.352 e. The molecule has 11 heteroatoms. The number of carbonyl (C=O) groups is 3. The maximum absolute atomic E-state index is 13.0. The van der Waals surface area contributed by atoms with Crippen LogP contribution in [0.15, 0.2) is 47.0 Å². The number of hydrogen-bond donors (Lipinski definition) is 2. The second kappa shape index (κ2) is 8.74. The second-order valence-electron chi connectivity index (χ2n) is 6.90. The number of thiophene rings is 1. The Hall–Kier alpha value is -2.20. The number of para-hydroxylation sites is 1. The first kappa shape index (κ1) is 22.0. The van der Waals surface area contributed by atoms with Crippen molar-refractivity contribution < 1.29 is 19.5 Å². The van der Waals surface area contributed by atoms with Crippen LogP contribution in [0.2, 0.25) is 10.0 Å². The molecule has 1 unspecified atom stereocenters. The predicted molar refractivity (Wildman–Crippen MR) is 124 cm³/mol. The third kappa shape index (κ3) is 3.91. The zero-order chi connectivity index (χ0) is 22.3. The summed E-state index contributed by atoms with van der Waals surface area (Å²) in [5.74, 6) is -1.48. The first-order valence-corrected chi connectivity index (χ1v) is 11.9. The van der Waals surface area contributed by atoms with Gasteiger partial charge in [0.05, 0.1) is 20.7 Å². The average Bonchev–Trinajstić information content (AvgIpc) is 3.24. The van der Waals surface area contributed by atoms with Crippen LogP contribution in [0.3, 0.4) is 0 Å². The van der Waals surface area contributed by atoms with Gasteiger partial charge in [0, 0.05) is 19.2 Å². The number of nitrogens with one attached hydrogen (secondary N) is 1. The fourth-order valence-corrected chi connectivity index (χ4v) is 6.39. The van der Waals surface area contributed by atoms with Crippen molar-refractivity contribution in [2.75, 3.05) is 22.5 Å². The third-order valence-electron chi connectivity index (χ3n) is 5.02. The van der Waals surface area contributed by atoms with Gasteiger partial charge in [0.15, 0.2) is 0 Å². The molecule has 1 aromatic carbocycles. The average molecular weight is 498 g/mol. The van der Waals surface area contributed by atoms with Crippen LogP contribution in [-0.2, 0) is 14.4 Å². The van der Waals surface area contributed by atoms with Crippen molar-refractivity contribution in [1.82, 2.24) is 4.90 Å².